The zero-order chi connectivity index (χ0) is 18.5. The molecule has 2 aromatic carbocycles. The molecule has 0 spiro atoms. The largest absolute Gasteiger partial charge is 0.454 e. The normalized spacial score (nSPS) is 14.4. The molecule has 0 unspecified atom stereocenters. The Balaban J connectivity index is 1.60. The van der Waals surface area contributed by atoms with E-state index in [4.69, 9.17) is 14.2 Å². The molecule has 1 amide bonds. The fraction of sp³-hybridized carbons (Fsp3) is 0.300. The van der Waals surface area contributed by atoms with Gasteiger partial charge >= 0.3 is 5.97 Å². The maximum atomic E-state index is 12.5. The Bertz CT molecular complexity index is 790. The van der Waals surface area contributed by atoms with Gasteiger partial charge in [0.15, 0.2) is 17.6 Å². The third-order valence-corrected chi connectivity index (χ3v) is 4.20. The Morgan fingerprint density at radius 2 is 1.85 bits per heavy atom. The van der Waals surface area contributed by atoms with Gasteiger partial charge in [0.1, 0.15) is 0 Å². The molecule has 1 heterocycles. The number of ether oxygens (including phenoxy) is 3. The van der Waals surface area contributed by atoms with Crippen molar-refractivity contribution in [1.29, 1.82) is 0 Å². The first-order valence-corrected chi connectivity index (χ1v) is 8.54. The number of esters is 1. The first kappa shape index (κ1) is 17.8. The predicted molar refractivity (Wildman–Crippen MR) is 96.2 cm³/mol. The highest BCUT2D eigenvalue weighted by Crippen LogP contribution is 2.34. The van der Waals surface area contributed by atoms with Crippen molar-refractivity contribution in [2.75, 3.05) is 12.1 Å². The van der Waals surface area contributed by atoms with Gasteiger partial charge in [0, 0.05) is 11.8 Å². The van der Waals surface area contributed by atoms with Crippen LogP contribution in [-0.2, 0) is 14.3 Å². The summed E-state index contributed by atoms with van der Waals surface area (Å²) >= 11 is 0. The number of fused-ring (bicyclic) bond motifs is 1. The third-order valence-electron chi connectivity index (χ3n) is 4.20. The lowest BCUT2D eigenvalue weighted by Gasteiger charge is -2.18. The summed E-state index contributed by atoms with van der Waals surface area (Å²) in [6.45, 7) is 3.63. The van der Waals surface area contributed by atoms with Gasteiger partial charge in [0.2, 0.25) is 6.79 Å². The van der Waals surface area contributed by atoms with Gasteiger partial charge < -0.3 is 19.5 Å². The van der Waals surface area contributed by atoms with E-state index in [0.717, 1.165) is 5.56 Å². The fourth-order valence-corrected chi connectivity index (χ4v) is 2.75. The van der Waals surface area contributed by atoms with Crippen molar-refractivity contribution in [2.24, 2.45) is 0 Å². The number of amides is 1. The quantitative estimate of drug-likeness (QED) is 0.803. The molecule has 0 saturated heterocycles. The molecule has 0 aliphatic carbocycles. The van der Waals surface area contributed by atoms with Crippen LogP contribution in [0.4, 0.5) is 5.69 Å². The van der Waals surface area contributed by atoms with Gasteiger partial charge in [0.05, 0.1) is 5.92 Å². The highest BCUT2D eigenvalue weighted by atomic mass is 16.7. The fourth-order valence-electron chi connectivity index (χ4n) is 2.75. The maximum absolute atomic E-state index is 12.5. The standard InChI is InChI=1S/C20H21NO5/c1-3-16(14-7-5-4-6-8-14)20(23)26-13(2)19(22)21-15-9-10-17-18(11-15)25-12-24-17/h4-11,13,16H,3,12H2,1-2H3,(H,21,22)/t13-,16-/m1/s1. The van der Waals surface area contributed by atoms with Crippen molar-refractivity contribution < 1.29 is 23.8 Å². The Labute approximate surface area is 152 Å². The zero-order valence-corrected chi connectivity index (χ0v) is 14.7. The highest BCUT2D eigenvalue weighted by Gasteiger charge is 2.25. The zero-order valence-electron chi connectivity index (χ0n) is 14.7. The summed E-state index contributed by atoms with van der Waals surface area (Å²) < 4.78 is 15.9. The Kier molecular flexibility index (Phi) is 5.41. The molecule has 0 aromatic heterocycles. The van der Waals surface area contributed by atoms with E-state index in [-0.39, 0.29) is 6.79 Å². The van der Waals surface area contributed by atoms with Gasteiger partial charge in [-0.15, -0.1) is 0 Å². The molecule has 0 fully saturated rings. The summed E-state index contributed by atoms with van der Waals surface area (Å²) in [7, 11) is 0. The smallest absolute Gasteiger partial charge is 0.314 e. The lowest BCUT2D eigenvalue weighted by atomic mass is 9.97. The highest BCUT2D eigenvalue weighted by molar-refractivity contribution is 5.95. The summed E-state index contributed by atoms with van der Waals surface area (Å²) in [5.41, 5.74) is 1.43. The minimum Gasteiger partial charge on any atom is -0.454 e. The van der Waals surface area contributed by atoms with E-state index in [9.17, 15) is 9.59 Å². The molecule has 0 radical (unpaired) electrons. The van der Waals surface area contributed by atoms with Crippen LogP contribution >= 0.6 is 0 Å². The van der Waals surface area contributed by atoms with E-state index < -0.39 is 23.9 Å². The van der Waals surface area contributed by atoms with E-state index >= 15 is 0 Å². The maximum Gasteiger partial charge on any atom is 0.314 e. The molecule has 0 saturated carbocycles. The molecule has 2 atom stereocenters. The number of carbonyl (C=O) groups excluding carboxylic acids is 2. The van der Waals surface area contributed by atoms with Crippen molar-refractivity contribution in [2.45, 2.75) is 32.3 Å². The molecule has 3 rings (SSSR count). The first-order valence-electron chi connectivity index (χ1n) is 8.54. The molecule has 6 heteroatoms. The van der Waals surface area contributed by atoms with Gasteiger partial charge in [-0.25, -0.2) is 0 Å². The van der Waals surface area contributed by atoms with E-state index in [2.05, 4.69) is 5.32 Å². The van der Waals surface area contributed by atoms with Crippen molar-refractivity contribution in [3.63, 3.8) is 0 Å². The van der Waals surface area contributed by atoms with Gasteiger partial charge in [0.25, 0.3) is 5.91 Å². The van der Waals surface area contributed by atoms with Gasteiger partial charge in [-0.3, -0.25) is 9.59 Å². The third kappa shape index (κ3) is 3.96. The van der Waals surface area contributed by atoms with Crippen molar-refractivity contribution in [1.82, 2.24) is 0 Å². The molecule has 0 bridgehead atoms. The first-order chi connectivity index (χ1) is 12.6. The molecule has 1 N–H and O–H groups in total. The van der Waals surface area contributed by atoms with Crippen molar-refractivity contribution in [3.05, 3.63) is 54.1 Å². The van der Waals surface area contributed by atoms with Crippen LogP contribution < -0.4 is 14.8 Å². The number of anilines is 1. The number of hydrogen-bond acceptors (Lipinski definition) is 5. The summed E-state index contributed by atoms with van der Waals surface area (Å²) in [4.78, 5) is 24.8. The van der Waals surface area contributed by atoms with Crippen molar-refractivity contribution in [3.8, 4) is 11.5 Å². The van der Waals surface area contributed by atoms with Crippen LogP contribution in [0.3, 0.4) is 0 Å². The number of benzene rings is 2. The number of hydrogen-bond donors (Lipinski definition) is 1. The van der Waals surface area contributed by atoms with E-state index in [1.54, 1.807) is 25.1 Å². The Hall–Kier alpha value is -3.02. The molecular weight excluding hydrogens is 334 g/mol. The average molecular weight is 355 g/mol. The molecular formula is C20H21NO5. The number of rotatable bonds is 6. The van der Waals surface area contributed by atoms with Crippen LogP contribution in [0.5, 0.6) is 11.5 Å². The molecule has 26 heavy (non-hydrogen) atoms. The molecule has 1 aliphatic rings. The van der Waals surface area contributed by atoms with Gasteiger partial charge in [-0.05, 0) is 31.0 Å². The Morgan fingerprint density at radius 1 is 1.12 bits per heavy atom. The van der Waals surface area contributed by atoms with Crippen molar-refractivity contribution >= 4 is 17.6 Å². The number of carbonyl (C=O) groups is 2. The Morgan fingerprint density at radius 3 is 2.58 bits per heavy atom. The van der Waals surface area contributed by atoms with E-state index in [0.29, 0.717) is 23.6 Å². The lowest BCUT2D eigenvalue weighted by molar-refractivity contribution is -0.154. The molecule has 136 valence electrons. The SMILES string of the molecule is CC[C@@H](C(=O)O[C@H](C)C(=O)Nc1ccc2c(c1)OCO2)c1ccccc1. The summed E-state index contributed by atoms with van der Waals surface area (Å²) in [5, 5.41) is 2.72. The summed E-state index contributed by atoms with van der Waals surface area (Å²) in [6.07, 6.45) is -0.315. The van der Waals surface area contributed by atoms with Crippen LogP contribution in [0, 0.1) is 0 Å². The van der Waals surface area contributed by atoms with E-state index in [1.165, 1.54) is 0 Å². The van der Waals surface area contributed by atoms with Crippen LogP contribution in [-0.4, -0.2) is 24.8 Å². The second-order valence-electron chi connectivity index (χ2n) is 6.01. The van der Waals surface area contributed by atoms with Gasteiger partial charge in [-0.1, -0.05) is 37.3 Å². The topological polar surface area (TPSA) is 73.9 Å². The molecule has 1 aliphatic heterocycles. The minimum absolute atomic E-state index is 0.165. The monoisotopic (exact) mass is 355 g/mol. The second-order valence-corrected chi connectivity index (χ2v) is 6.01. The number of nitrogens with one attached hydrogen (secondary N) is 1. The summed E-state index contributed by atoms with van der Waals surface area (Å²) in [5.74, 6) is 0.00264. The lowest BCUT2D eigenvalue weighted by Crippen LogP contribution is -2.31. The van der Waals surface area contributed by atoms with E-state index in [1.807, 2.05) is 37.3 Å². The summed E-state index contributed by atoms with van der Waals surface area (Å²) in [6, 6.07) is 14.5. The van der Waals surface area contributed by atoms with Crippen LogP contribution in [0.1, 0.15) is 31.7 Å². The molecule has 2 aromatic rings. The van der Waals surface area contributed by atoms with Gasteiger partial charge in [-0.2, -0.15) is 0 Å². The van der Waals surface area contributed by atoms with Crippen LogP contribution in [0.15, 0.2) is 48.5 Å². The minimum atomic E-state index is -0.911. The average Bonchev–Trinajstić information content (AvgIpc) is 3.11. The van der Waals surface area contributed by atoms with Crippen LogP contribution in [0.2, 0.25) is 0 Å². The van der Waals surface area contributed by atoms with Crippen LogP contribution in [0.25, 0.3) is 0 Å². The molecule has 6 nitrogen and oxygen atoms in total. The predicted octanol–water partition coefficient (Wildman–Crippen LogP) is 3.48. The second kappa shape index (κ2) is 7.91.